The van der Waals surface area contributed by atoms with E-state index in [-0.39, 0.29) is 36.2 Å². The number of piperidine rings is 1. The highest BCUT2D eigenvalue weighted by atomic mass is 16.7. The summed E-state index contributed by atoms with van der Waals surface area (Å²) in [6, 6.07) is 0.00154. The first-order chi connectivity index (χ1) is 10.6. The Kier molecular flexibility index (Phi) is 6.58. The molecule has 132 valence electrons. The lowest BCUT2D eigenvalue weighted by molar-refractivity contribution is -0.267. The number of amides is 2. The Morgan fingerprint density at radius 3 is 2.30 bits per heavy atom. The van der Waals surface area contributed by atoms with Crippen molar-refractivity contribution < 1.29 is 19.2 Å². The molecule has 0 radical (unpaired) electrons. The van der Waals surface area contributed by atoms with E-state index in [2.05, 4.69) is 44.9 Å². The van der Waals surface area contributed by atoms with Crippen molar-refractivity contribution in [3.8, 4) is 0 Å². The zero-order valence-corrected chi connectivity index (χ0v) is 14.8. The first kappa shape index (κ1) is 19.4. The number of hydrogen-bond acceptors (Lipinski definition) is 5. The third-order valence-corrected chi connectivity index (χ3v) is 3.92. The van der Waals surface area contributed by atoms with Gasteiger partial charge in [-0.25, -0.2) is 4.79 Å². The summed E-state index contributed by atoms with van der Waals surface area (Å²) in [6.45, 7) is 12.1. The summed E-state index contributed by atoms with van der Waals surface area (Å²) in [5.41, 5.74) is -0.404. The summed E-state index contributed by atoms with van der Waals surface area (Å²) in [5.74, 6) is -0.288. The molecule has 2 N–H and O–H groups in total. The maximum absolute atomic E-state index is 11.9. The zero-order valence-electron chi connectivity index (χ0n) is 14.8. The molecule has 1 aliphatic rings. The fourth-order valence-electron chi connectivity index (χ4n) is 3.46. The minimum atomic E-state index is -0.472. The Bertz CT molecular complexity index is 431. The molecule has 7 nitrogen and oxygen atoms in total. The van der Waals surface area contributed by atoms with Crippen molar-refractivity contribution in [1.29, 1.82) is 0 Å². The second-order valence-electron chi connectivity index (χ2n) is 6.98. The molecule has 0 spiro atoms. The van der Waals surface area contributed by atoms with Crippen molar-refractivity contribution in [2.45, 2.75) is 57.7 Å². The predicted octanol–water partition coefficient (Wildman–Crippen LogP) is 1.60. The molecule has 1 saturated heterocycles. The maximum atomic E-state index is 11.9. The van der Waals surface area contributed by atoms with Crippen molar-refractivity contribution in [3.05, 3.63) is 12.7 Å². The summed E-state index contributed by atoms with van der Waals surface area (Å²) >= 11 is 0. The Balaban J connectivity index is 2.46. The van der Waals surface area contributed by atoms with Gasteiger partial charge in [0, 0.05) is 17.1 Å². The lowest BCUT2D eigenvalue weighted by Gasteiger charge is -2.53. The largest absolute Gasteiger partial charge is 0.448 e. The Labute approximate surface area is 138 Å². The van der Waals surface area contributed by atoms with E-state index in [0.717, 1.165) is 12.8 Å². The maximum Gasteiger partial charge on any atom is 0.407 e. The van der Waals surface area contributed by atoms with Crippen molar-refractivity contribution in [1.82, 2.24) is 15.7 Å². The standard InChI is InChI=1S/C16H29N3O4/c1-7-13(20)17-8-9-23-14(21)18-12-10-15(2,3)19(22-6)16(4,5)11-12/h7,12H,1,8-11H2,2-6H3,(H,17,20)(H,18,21). The van der Waals surface area contributed by atoms with Gasteiger partial charge in [0.25, 0.3) is 0 Å². The van der Waals surface area contributed by atoms with Crippen LogP contribution in [-0.2, 0) is 14.4 Å². The average Bonchev–Trinajstić information content (AvgIpc) is 2.40. The highest BCUT2D eigenvalue weighted by Crippen LogP contribution is 2.38. The number of nitrogens with one attached hydrogen (secondary N) is 2. The van der Waals surface area contributed by atoms with Gasteiger partial charge >= 0.3 is 6.09 Å². The monoisotopic (exact) mass is 327 g/mol. The van der Waals surface area contributed by atoms with E-state index in [4.69, 9.17) is 9.57 Å². The van der Waals surface area contributed by atoms with Crippen LogP contribution < -0.4 is 10.6 Å². The molecule has 0 atom stereocenters. The lowest BCUT2D eigenvalue weighted by Crippen LogP contribution is -2.63. The smallest absolute Gasteiger partial charge is 0.407 e. The molecule has 7 heteroatoms. The minimum absolute atomic E-state index is 0.00154. The van der Waals surface area contributed by atoms with E-state index >= 15 is 0 Å². The Hall–Kier alpha value is -1.60. The topological polar surface area (TPSA) is 79.9 Å². The zero-order chi connectivity index (χ0) is 17.7. The molecule has 0 bridgehead atoms. The molecule has 1 heterocycles. The van der Waals surface area contributed by atoms with Crippen molar-refractivity contribution in [2.24, 2.45) is 0 Å². The number of hydrogen-bond donors (Lipinski definition) is 2. The third kappa shape index (κ3) is 5.51. The molecule has 2 amide bonds. The van der Waals surface area contributed by atoms with Gasteiger partial charge < -0.3 is 20.2 Å². The van der Waals surface area contributed by atoms with Crippen LogP contribution in [0.4, 0.5) is 4.79 Å². The highest BCUT2D eigenvalue weighted by molar-refractivity contribution is 5.86. The average molecular weight is 327 g/mol. The minimum Gasteiger partial charge on any atom is -0.448 e. The van der Waals surface area contributed by atoms with Crippen molar-refractivity contribution >= 4 is 12.0 Å². The van der Waals surface area contributed by atoms with Crippen LogP contribution in [-0.4, -0.2) is 54.4 Å². The van der Waals surface area contributed by atoms with E-state index < -0.39 is 6.09 Å². The van der Waals surface area contributed by atoms with Crippen LogP contribution in [0.1, 0.15) is 40.5 Å². The summed E-state index contributed by atoms with van der Waals surface area (Å²) in [6.07, 6.45) is 2.22. The summed E-state index contributed by atoms with van der Waals surface area (Å²) in [4.78, 5) is 28.4. The summed E-state index contributed by atoms with van der Waals surface area (Å²) < 4.78 is 5.09. The van der Waals surface area contributed by atoms with Crippen LogP contribution in [0.5, 0.6) is 0 Å². The van der Waals surface area contributed by atoms with E-state index in [1.165, 1.54) is 6.08 Å². The van der Waals surface area contributed by atoms with Crippen molar-refractivity contribution in [3.63, 3.8) is 0 Å². The molecule has 1 aliphatic heterocycles. The predicted molar refractivity (Wildman–Crippen MR) is 87.7 cm³/mol. The van der Waals surface area contributed by atoms with E-state index in [1.54, 1.807) is 7.11 Å². The molecule has 23 heavy (non-hydrogen) atoms. The van der Waals surface area contributed by atoms with E-state index in [0.29, 0.717) is 0 Å². The first-order valence-electron chi connectivity index (χ1n) is 7.80. The molecule has 1 rings (SSSR count). The van der Waals surface area contributed by atoms with Crippen molar-refractivity contribution in [2.75, 3.05) is 20.3 Å². The number of ether oxygens (including phenoxy) is 1. The van der Waals surface area contributed by atoms with Gasteiger partial charge in [0.2, 0.25) is 5.91 Å². The van der Waals surface area contributed by atoms with Gasteiger partial charge in [-0.15, -0.1) is 0 Å². The van der Waals surface area contributed by atoms with Crippen LogP contribution in [0.15, 0.2) is 12.7 Å². The Morgan fingerprint density at radius 2 is 1.83 bits per heavy atom. The van der Waals surface area contributed by atoms with Crippen LogP contribution in [0.25, 0.3) is 0 Å². The molecule has 0 aromatic heterocycles. The molecular formula is C16H29N3O4. The molecule has 0 unspecified atom stereocenters. The number of alkyl carbamates (subject to hydrolysis) is 1. The summed E-state index contributed by atoms with van der Waals surface area (Å²) in [5, 5.41) is 7.43. The first-order valence-corrected chi connectivity index (χ1v) is 7.80. The van der Waals surface area contributed by atoms with E-state index in [9.17, 15) is 9.59 Å². The van der Waals surface area contributed by atoms with E-state index in [1.807, 2.05) is 5.06 Å². The second kappa shape index (κ2) is 7.79. The lowest BCUT2D eigenvalue weighted by atomic mass is 9.79. The number of rotatable bonds is 6. The fourth-order valence-corrected chi connectivity index (χ4v) is 3.46. The summed E-state index contributed by atoms with van der Waals surface area (Å²) in [7, 11) is 1.67. The molecular weight excluding hydrogens is 298 g/mol. The van der Waals surface area contributed by atoms with Gasteiger partial charge in [-0.05, 0) is 46.6 Å². The third-order valence-electron chi connectivity index (χ3n) is 3.92. The van der Waals surface area contributed by atoms with Gasteiger partial charge in [-0.1, -0.05) is 6.58 Å². The van der Waals surface area contributed by atoms with Crippen LogP contribution in [0.3, 0.4) is 0 Å². The highest BCUT2D eigenvalue weighted by Gasteiger charge is 2.46. The van der Waals surface area contributed by atoms with Gasteiger partial charge in [-0.2, -0.15) is 5.06 Å². The fraction of sp³-hybridized carbons (Fsp3) is 0.750. The van der Waals surface area contributed by atoms with Crippen LogP contribution in [0.2, 0.25) is 0 Å². The number of carbonyl (C=O) groups excluding carboxylic acids is 2. The quantitative estimate of drug-likeness (QED) is 0.572. The molecule has 0 saturated carbocycles. The normalized spacial score (nSPS) is 20.6. The second-order valence-corrected chi connectivity index (χ2v) is 6.98. The Morgan fingerprint density at radius 1 is 1.26 bits per heavy atom. The molecule has 1 fully saturated rings. The SMILES string of the molecule is C=CC(=O)NCCOC(=O)NC1CC(C)(C)N(OC)C(C)(C)C1. The van der Waals surface area contributed by atoms with Gasteiger partial charge in [0.05, 0.1) is 13.7 Å². The number of carbonyl (C=O) groups is 2. The number of nitrogens with zero attached hydrogens (tertiary/aromatic N) is 1. The number of hydroxylamine groups is 2. The van der Waals surface area contributed by atoms with Gasteiger partial charge in [-0.3, -0.25) is 4.79 Å². The molecule has 0 aromatic carbocycles. The van der Waals surface area contributed by atoms with Crippen LogP contribution >= 0.6 is 0 Å². The van der Waals surface area contributed by atoms with Crippen LogP contribution in [0, 0.1) is 0 Å². The molecule has 0 aromatic rings. The molecule has 0 aliphatic carbocycles. The van der Waals surface area contributed by atoms with Gasteiger partial charge in [0.1, 0.15) is 6.61 Å². The van der Waals surface area contributed by atoms with Gasteiger partial charge in [0.15, 0.2) is 0 Å².